The van der Waals surface area contributed by atoms with Gasteiger partial charge >= 0.3 is 0 Å². The average Bonchev–Trinajstić information content (AvgIpc) is 1.88. The van der Waals surface area contributed by atoms with E-state index in [-0.39, 0.29) is 0 Å². The van der Waals surface area contributed by atoms with E-state index in [2.05, 4.69) is 23.3 Å². The lowest BCUT2D eigenvalue weighted by molar-refractivity contribution is 0.790. The Morgan fingerprint density at radius 2 is 2.40 bits per heavy atom. The van der Waals surface area contributed by atoms with Crippen molar-refractivity contribution in [2.24, 2.45) is 0 Å². The fourth-order valence-corrected chi connectivity index (χ4v) is 0.877. The first-order chi connectivity index (χ1) is 4.83. The monoisotopic (exact) mass is 136 g/mol. The molecule has 0 spiro atoms. The Hall–Kier alpha value is -0.890. The molecular formula is C8H12N2. The van der Waals surface area contributed by atoms with Crippen molar-refractivity contribution in [3.63, 3.8) is 0 Å². The third-order valence-corrected chi connectivity index (χ3v) is 1.33. The second-order valence-electron chi connectivity index (χ2n) is 2.35. The highest BCUT2D eigenvalue weighted by Gasteiger charge is 1.89. The van der Waals surface area contributed by atoms with E-state index in [1.54, 1.807) is 0 Å². The highest BCUT2D eigenvalue weighted by atomic mass is 14.8. The SMILES string of the molecule is CNCc1cc(C)ccn1. The fourth-order valence-electron chi connectivity index (χ4n) is 0.877. The third kappa shape index (κ3) is 1.81. The molecule has 10 heavy (non-hydrogen) atoms. The molecule has 1 N–H and O–H groups in total. The number of hydrogen-bond acceptors (Lipinski definition) is 2. The summed E-state index contributed by atoms with van der Waals surface area (Å²) in [4.78, 5) is 4.17. The lowest BCUT2D eigenvalue weighted by atomic mass is 10.2. The minimum Gasteiger partial charge on any atom is -0.314 e. The maximum Gasteiger partial charge on any atom is 0.0544 e. The maximum absolute atomic E-state index is 4.17. The molecule has 54 valence electrons. The van der Waals surface area contributed by atoms with Crippen molar-refractivity contribution in [2.45, 2.75) is 13.5 Å². The zero-order valence-corrected chi connectivity index (χ0v) is 6.39. The van der Waals surface area contributed by atoms with Crippen molar-refractivity contribution in [1.82, 2.24) is 10.3 Å². The van der Waals surface area contributed by atoms with Crippen LogP contribution in [0.4, 0.5) is 0 Å². The Morgan fingerprint density at radius 1 is 1.60 bits per heavy atom. The van der Waals surface area contributed by atoms with Crippen LogP contribution in [0.5, 0.6) is 0 Å². The van der Waals surface area contributed by atoms with Gasteiger partial charge in [0.05, 0.1) is 5.69 Å². The lowest BCUT2D eigenvalue weighted by Crippen LogP contribution is -2.06. The number of rotatable bonds is 2. The first-order valence-electron chi connectivity index (χ1n) is 3.39. The number of aryl methyl sites for hydroxylation is 1. The van der Waals surface area contributed by atoms with Crippen molar-refractivity contribution in [1.29, 1.82) is 0 Å². The number of pyridine rings is 1. The molecule has 0 bridgehead atoms. The smallest absolute Gasteiger partial charge is 0.0544 e. The van der Waals surface area contributed by atoms with E-state index in [4.69, 9.17) is 0 Å². The van der Waals surface area contributed by atoms with E-state index in [0.717, 1.165) is 12.2 Å². The van der Waals surface area contributed by atoms with Crippen LogP contribution in [0.25, 0.3) is 0 Å². The van der Waals surface area contributed by atoms with Gasteiger partial charge in [0, 0.05) is 12.7 Å². The van der Waals surface area contributed by atoms with Gasteiger partial charge in [-0.1, -0.05) is 0 Å². The topological polar surface area (TPSA) is 24.9 Å². The second kappa shape index (κ2) is 3.32. The van der Waals surface area contributed by atoms with Gasteiger partial charge in [0.15, 0.2) is 0 Å². The van der Waals surface area contributed by atoms with Crippen molar-refractivity contribution in [3.05, 3.63) is 29.6 Å². The molecule has 0 aliphatic carbocycles. The minimum atomic E-state index is 0.849. The van der Waals surface area contributed by atoms with Crippen molar-refractivity contribution < 1.29 is 0 Å². The van der Waals surface area contributed by atoms with Crippen LogP contribution in [0.3, 0.4) is 0 Å². The number of nitrogens with zero attached hydrogens (tertiary/aromatic N) is 1. The second-order valence-corrected chi connectivity index (χ2v) is 2.35. The first kappa shape index (κ1) is 7.22. The van der Waals surface area contributed by atoms with Gasteiger partial charge in [0.25, 0.3) is 0 Å². The van der Waals surface area contributed by atoms with E-state index in [9.17, 15) is 0 Å². The summed E-state index contributed by atoms with van der Waals surface area (Å²) >= 11 is 0. The molecule has 0 unspecified atom stereocenters. The standard InChI is InChI=1S/C8H12N2/c1-7-3-4-10-8(5-7)6-9-2/h3-5,9H,6H2,1-2H3. The summed E-state index contributed by atoms with van der Waals surface area (Å²) in [5, 5.41) is 3.05. The summed E-state index contributed by atoms with van der Waals surface area (Å²) in [6.07, 6.45) is 1.84. The number of nitrogens with one attached hydrogen (secondary N) is 1. The zero-order valence-electron chi connectivity index (χ0n) is 6.39. The molecule has 2 heteroatoms. The molecular weight excluding hydrogens is 124 g/mol. The van der Waals surface area contributed by atoms with E-state index >= 15 is 0 Å². The van der Waals surface area contributed by atoms with E-state index in [0.29, 0.717) is 0 Å². The maximum atomic E-state index is 4.17. The van der Waals surface area contributed by atoms with Crippen LogP contribution >= 0.6 is 0 Å². The molecule has 2 nitrogen and oxygen atoms in total. The lowest BCUT2D eigenvalue weighted by Gasteiger charge is -1.98. The summed E-state index contributed by atoms with van der Waals surface area (Å²) in [5.74, 6) is 0. The average molecular weight is 136 g/mol. The van der Waals surface area contributed by atoms with Crippen LogP contribution in [0, 0.1) is 6.92 Å². The normalized spacial score (nSPS) is 9.80. The van der Waals surface area contributed by atoms with Gasteiger partial charge in [0.1, 0.15) is 0 Å². The molecule has 0 radical (unpaired) electrons. The van der Waals surface area contributed by atoms with E-state index in [1.807, 2.05) is 19.3 Å². The molecule has 1 aromatic heterocycles. The third-order valence-electron chi connectivity index (χ3n) is 1.33. The summed E-state index contributed by atoms with van der Waals surface area (Å²) < 4.78 is 0. The summed E-state index contributed by atoms with van der Waals surface area (Å²) in [5.41, 5.74) is 2.36. The van der Waals surface area contributed by atoms with Crippen molar-refractivity contribution in [2.75, 3.05) is 7.05 Å². The predicted molar refractivity (Wildman–Crippen MR) is 41.7 cm³/mol. The van der Waals surface area contributed by atoms with E-state index in [1.165, 1.54) is 5.56 Å². The molecule has 0 aliphatic rings. The van der Waals surface area contributed by atoms with Gasteiger partial charge in [-0.25, -0.2) is 0 Å². The highest BCUT2D eigenvalue weighted by Crippen LogP contribution is 1.98. The fraction of sp³-hybridized carbons (Fsp3) is 0.375. The van der Waals surface area contributed by atoms with Crippen LogP contribution in [0.2, 0.25) is 0 Å². The first-order valence-corrected chi connectivity index (χ1v) is 3.39. The van der Waals surface area contributed by atoms with Gasteiger partial charge in [-0.3, -0.25) is 4.98 Å². The highest BCUT2D eigenvalue weighted by molar-refractivity contribution is 5.13. The minimum absolute atomic E-state index is 0.849. The van der Waals surface area contributed by atoms with Crippen molar-refractivity contribution >= 4 is 0 Å². The molecule has 0 aliphatic heterocycles. The van der Waals surface area contributed by atoms with Crippen LogP contribution in [-0.2, 0) is 6.54 Å². The van der Waals surface area contributed by atoms with Gasteiger partial charge in [0.2, 0.25) is 0 Å². The summed E-state index contributed by atoms with van der Waals surface area (Å²) in [7, 11) is 1.92. The molecule has 0 fully saturated rings. The molecule has 0 amide bonds. The quantitative estimate of drug-likeness (QED) is 0.658. The Morgan fingerprint density at radius 3 is 3.00 bits per heavy atom. The molecule has 1 heterocycles. The van der Waals surface area contributed by atoms with E-state index < -0.39 is 0 Å². The van der Waals surface area contributed by atoms with Gasteiger partial charge in [-0.15, -0.1) is 0 Å². The van der Waals surface area contributed by atoms with Gasteiger partial charge < -0.3 is 5.32 Å². The molecule has 1 rings (SSSR count). The van der Waals surface area contributed by atoms with Crippen LogP contribution < -0.4 is 5.32 Å². The Balaban J connectivity index is 2.75. The Kier molecular flexibility index (Phi) is 2.40. The van der Waals surface area contributed by atoms with Crippen LogP contribution in [0.1, 0.15) is 11.3 Å². The Bertz CT molecular complexity index is 208. The molecule has 1 aromatic rings. The molecule has 0 saturated carbocycles. The molecule has 0 aromatic carbocycles. The van der Waals surface area contributed by atoms with Crippen LogP contribution in [-0.4, -0.2) is 12.0 Å². The predicted octanol–water partition coefficient (Wildman–Crippen LogP) is 1.11. The number of hydrogen-bond donors (Lipinski definition) is 1. The van der Waals surface area contributed by atoms with Gasteiger partial charge in [-0.2, -0.15) is 0 Å². The largest absolute Gasteiger partial charge is 0.314 e. The van der Waals surface area contributed by atoms with Gasteiger partial charge in [-0.05, 0) is 31.7 Å². The molecule has 0 atom stereocenters. The molecule has 0 saturated heterocycles. The van der Waals surface area contributed by atoms with Crippen LogP contribution in [0.15, 0.2) is 18.3 Å². The summed E-state index contributed by atoms with van der Waals surface area (Å²) in [6.45, 7) is 2.92. The van der Waals surface area contributed by atoms with Crippen molar-refractivity contribution in [3.8, 4) is 0 Å². The Labute approximate surface area is 61.3 Å². The summed E-state index contributed by atoms with van der Waals surface area (Å²) in [6, 6.07) is 4.08. The number of aromatic nitrogens is 1. The zero-order chi connectivity index (χ0) is 7.40.